The summed E-state index contributed by atoms with van der Waals surface area (Å²) in [4.78, 5) is 13.8. The van der Waals surface area contributed by atoms with Gasteiger partial charge in [0.05, 0.1) is 12.7 Å². The highest BCUT2D eigenvalue weighted by Crippen LogP contribution is 2.12. The van der Waals surface area contributed by atoms with Crippen molar-refractivity contribution in [3.05, 3.63) is 0 Å². The highest BCUT2D eigenvalue weighted by Gasteiger charge is 2.23. The Morgan fingerprint density at radius 2 is 2.26 bits per heavy atom. The predicted molar refractivity (Wildman–Crippen MR) is 75.3 cm³/mol. The molecule has 5 nitrogen and oxygen atoms in total. The smallest absolute Gasteiger partial charge is 0.317 e. The van der Waals surface area contributed by atoms with Gasteiger partial charge in [0.15, 0.2) is 0 Å². The molecule has 0 aromatic carbocycles. The summed E-state index contributed by atoms with van der Waals surface area (Å²) >= 11 is 0. The number of hydrogen-bond acceptors (Lipinski definition) is 3. The minimum Gasteiger partial charge on any atom is -0.379 e. The first-order chi connectivity index (χ1) is 9.13. The molecule has 1 aliphatic rings. The van der Waals surface area contributed by atoms with Crippen LogP contribution in [-0.2, 0) is 9.47 Å². The first-order valence-electron chi connectivity index (χ1n) is 7.35. The molecular weight excluding hydrogens is 244 g/mol. The fourth-order valence-electron chi connectivity index (χ4n) is 2.16. The summed E-state index contributed by atoms with van der Waals surface area (Å²) in [6.45, 7) is 10.3. The number of carbonyl (C=O) groups excluding carboxylic acids is 1. The Balaban J connectivity index is 2.14. The lowest BCUT2D eigenvalue weighted by Crippen LogP contribution is -2.48. The lowest BCUT2D eigenvalue weighted by molar-refractivity contribution is 0.0161. The van der Waals surface area contributed by atoms with Gasteiger partial charge in [0, 0.05) is 32.8 Å². The third-order valence-corrected chi connectivity index (χ3v) is 3.04. The van der Waals surface area contributed by atoms with E-state index in [0.717, 1.165) is 26.0 Å². The zero-order chi connectivity index (χ0) is 14.1. The van der Waals surface area contributed by atoms with E-state index in [0.29, 0.717) is 32.2 Å². The van der Waals surface area contributed by atoms with Gasteiger partial charge in [-0.25, -0.2) is 4.79 Å². The monoisotopic (exact) mass is 272 g/mol. The van der Waals surface area contributed by atoms with Crippen LogP contribution < -0.4 is 5.32 Å². The third kappa shape index (κ3) is 6.78. The van der Waals surface area contributed by atoms with Crippen molar-refractivity contribution in [3.63, 3.8) is 0 Å². The number of hydrogen-bond donors (Lipinski definition) is 1. The van der Waals surface area contributed by atoms with E-state index >= 15 is 0 Å². The van der Waals surface area contributed by atoms with E-state index in [9.17, 15) is 4.79 Å². The molecule has 1 aliphatic heterocycles. The molecule has 2 amide bonds. The van der Waals surface area contributed by atoms with E-state index in [4.69, 9.17) is 9.47 Å². The maximum absolute atomic E-state index is 11.9. The normalized spacial score (nSPS) is 19.8. The summed E-state index contributed by atoms with van der Waals surface area (Å²) in [6.07, 6.45) is 2.26. The average Bonchev–Trinajstić information content (AvgIpc) is 2.38. The van der Waals surface area contributed by atoms with Gasteiger partial charge >= 0.3 is 6.03 Å². The van der Waals surface area contributed by atoms with Gasteiger partial charge in [-0.2, -0.15) is 0 Å². The average molecular weight is 272 g/mol. The van der Waals surface area contributed by atoms with E-state index in [1.165, 1.54) is 0 Å². The van der Waals surface area contributed by atoms with Crippen molar-refractivity contribution in [1.82, 2.24) is 10.2 Å². The summed E-state index contributed by atoms with van der Waals surface area (Å²) in [5.41, 5.74) is 0. The Kier molecular flexibility index (Phi) is 7.82. The van der Waals surface area contributed by atoms with Crippen LogP contribution in [0.4, 0.5) is 4.79 Å². The zero-order valence-electron chi connectivity index (χ0n) is 12.5. The van der Waals surface area contributed by atoms with Gasteiger partial charge in [-0.1, -0.05) is 13.8 Å². The van der Waals surface area contributed by atoms with Crippen molar-refractivity contribution < 1.29 is 14.3 Å². The van der Waals surface area contributed by atoms with Gasteiger partial charge in [-0.15, -0.1) is 0 Å². The van der Waals surface area contributed by atoms with Crippen molar-refractivity contribution in [3.8, 4) is 0 Å². The second-order valence-corrected chi connectivity index (χ2v) is 5.37. The molecule has 1 saturated heterocycles. The van der Waals surface area contributed by atoms with Gasteiger partial charge in [0.25, 0.3) is 0 Å². The molecular formula is C14H28N2O3. The van der Waals surface area contributed by atoms with Crippen molar-refractivity contribution in [1.29, 1.82) is 0 Å². The summed E-state index contributed by atoms with van der Waals surface area (Å²) in [7, 11) is 0. The number of nitrogens with one attached hydrogen (secondary N) is 1. The highest BCUT2D eigenvalue weighted by atomic mass is 16.5. The maximum Gasteiger partial charge on any atom is 0.317 e. The molecule has 1 fully saturated rings. The molecule has 1 atom stereocenters. The van der Waals surface area contributed by atoms with Crippen LogP contribution in [0, 0.1) is 5.92 Å². The van der Waals surface area contributed by atoms with E-state index in [1.807, 2.05) is 11.8 Å². The number of rotatable bonds is 7. The van der Waals surface area contributed by atoms with E-state index in [1.54, 1.807) is 0 Å². The van der Waals surface area contributed by atoms with Crippen LogP contribution >= 0.6 is 0 Å². The number of likely N-dealkylation sites (tertiary alicyclic amines) is 1. The molecule has 1 unspecified atom stereocenters. The number of ether oxygens (including phenoxy) is 2. The Labute approximate surface area is 116 Å². The molecule has 0 saturated carbocycles. The number of urea groups is 1. The molecule has 1 heterocycles. The molecule has 0 spiro atoms. The standard InChI is InChI=1S/C14H28N2O3/c1-4-19-13-6-5-8-16(10-13)14(17)15-7-9-18-11-12(2)3/h12-13H,4-11H2,1-3H3,(H,15,17). The van der Waals surface area contributed by atoms with Gasteiger partial charge in [0.1, 0.15) is 0 Å². The molecule has 5 heteroatoms. The fraction of sp³-hybridized carbons (Fsp3) is 0.929. The highest BCUT2D eigenvalue weighted by molar-refractivity contribution is 5.74. The van der Waals surface area contributed by atoms with Gasteiger partial charge in [-0.05, 0) is 25.7 Å². The van der Waals surface area contributed by atoms with Crippen LogP contribution in [0.3, 0.4) is 0 Å². The van der Waals surface area contributed by atoms with Crippen LogP contribution in [0.25, 0.3) is 0 Å². The summed E-state index contributed by atoms with van der Waals surface area (Å²) in [5.74, 6) is 0.532. The summed E-state index contributed by atoms with van der Waals surface area (Å²) in [6, 6.07) is -0.00227. The molecule has 0 aromatic heterocycles. The predicted octanol–water partition coefficient (Wildman–Crippen LogP) is 1.87. The molecule has 112 valence electrons. The topological polar surface area (TPSA) is 50.8 Å². The summed E-state index contributed by atoms with van der Waals surface area (Å²) < 4.78 is 11.0. The minimum absolute atomic E-state index is 0.00227. The van der Waals surface area contributed by atoms with Gasteiger partial charge in [-0.3, -0.25) is 0 Å². The second kappa shape index (κ2) is 9.15. The van der Waals surface area contributed by atoms with Crippen LogP contribution in [0.5, 0.6) is 0 Å². The molecule has 0 aliphatic carbocycles. The Bertz CT molecular complexity index is 257. The number of amides is 2. The Morgan fingerprint density at radius 3 is 2.95 bits per heavy atom. The van der Waals surface area contributed by atoms with Crippen molar-refractivity contribution >= 4 is 6.03 Å². The Hall–Kier alpha value is -0.810. The molecule has 1 rings (SSSR count). The molecule has 19 heavy (non-hydrogen) atoms. The van der Waals surface area contributed by atoms with Crippen molar-refractivity contribution in [2.24, 2.45) is 5.92 Å². The van der Waals surface area contributed by atoms with Crippen molar-refractivity contribution in [2.75, 3.05) is 39.5 Å². The maximum atomic E-state index is 11.9. The first kappa shape index (κ1) is 16.2. The minimum atomic E-state index is -0.00227. The number of carbonyl (C=O) groups is 1. The largest absolute Gasteiger partial charge is 0.379 e. The molecule has 1 N–H and O–H groups in total. The number of piperidine rings is 1. The Morgan fingerprint density at radius 1 is 1.47 bits per heavy atom. The van der Waals surface area contributed by atoms with Crippen LogP contribution in [0.1, 0.15) is 33.6 Å². The van der Waals surface area contributed by atoms with Gasteiger partial charge in [0.2, 0.25) is 0 Å². The van der Waals surface area contributed by atoms with Crippen LogP contribution in [0.15, 0.2) is 0 Å². The molecule has 0 aromatic rings. The lowest BCUT2D eigenvalue weighted by Gasteiger charge is -2.32. The fourth-order valence-corrected chi connectivity index (χ4v) is 2.16. The first-order valence-corrected chi connectivity index (χ1v) is 7.35. The quantitative estimate of drug-likeness (QED) is 0.720. The van der Waals surface area contributed by atoms with E-state index in [2.05, 4.69) is 19.2 Å². The van der Waals surface area contributed by atoms with Crippen LogP contribution in [-0.4, -0.2) is 56.5 Å². The zero-order valence-corrected chi connectivity index (χ0v) is 12.5. The van der Waals surface area contributed by atoms with Gasteiger partial charge < -0.3 is 19.7 Å². The molecule has 0 bridgehead atoms. The van der Waals surface area contributed by atoms with Crippen LogP contribution in [0.2, 0.25) is 0 Å². The SMILES string of the molecule is CCOC1CCCN(C(=O)NCCOCC(C)C)C1. The lowest BCUT2D eigenvalue weighted by atomic mass is 10.1. The summed E-state index contributed by atoms with van der Waals surface area (Å²) in [5, 5.41) is 2.90. The molecule has 0 radical (unpaired) electrons. The second-order valence-electron chi connectivity index (χ2n) is 5.37. The third-order valence-electron chi connectivity index (χ3n) is 3.04. The van der Waals surface area contributed by atoms with Crippen molar-refractivity contribution in [2.45, 2.75) is 39.7 Å². The van der Waals surface area contributed by atoms with E-state index in [-0.39, 0.29) is 12.1 Å². The van der Waals surface area contributed by atoms with E-state index < -0.39 is 0 Å². The number of nitrogens with zero attached hydrogens (tertiary/aromatic N) is 1.